The fourth-order valence-electron chi connectivity index (χ4n) is 2.93. The van der Waals surface area contributed by atoms with Crippen LogP contribution in [0.4, 0.5) is 0 Å². The SMILES string of the molecule is CC(NCCN1CCCC1)C(=O)NC1CCCC1. The van der Waals surface area contributed by atoms with Crippen molar-refractivity contribution in [1.29, 1.82) is 0 Å². The van der Waals surface area contributed by atoms with Gasteiger partial charge in [0.25, 0.3) is 0 Å². The standard InChI is InChI=1S/C14H27N3O/c1-12(14(18)16-13-6-2-3-7-13)15-8-11-17-9-4-5-10-17/h12-13,15H,2-11H2,1H3,(H,16,18). The number of nitrogens with one attached hydrogen (secondary N) is 2. The largest absolute Gasteiger partial charge is 0.352 e. The van der Waals surface area contributed by atoms with Crippen LogP contribution in [0, 0.1) is 0 Å². The third-order valence-electron chi connectivity index (χ3n) is 4.17. The van der Waals surface area contributed by atoms with Gasteiger partial charge in [-0.2, -0.15) is 0 Å². The Morgan fingerprint density at radius 1 is 1.22 bits per heavy atom. The summed E-state index contributed by atoms with van der Waals surface area (Å²) in [5, 5.41) is 6.47. The highest BCUT2D eigenvalue weighted by Gasteiger charge is 2.20. The molecule has 1 heterocycles. The third-order valence-corrected chi connectivity index (χ3v) is 4.17. The van der Waals surface area contributed by atoms with E-state index >= 15 is 0 Å². The highest BCUT2D eigenvalue weighted by atomic mass is 16.2. The second kappa shape index (κ2) is 7.10. The maximum absolute atomic E-state index is 11.9. The topological polar surface area (TPSA) is 44.4 Å². The molecule has 18 heavy (non-hydrogen) atoms. The van der Waals surface area contributed by atoms with E-state index in [4.69, 9.17) is 0 Å². The summed E-state index contributed by atoms with van der Waals surface area (Å²) in [5.41, 5.74) is 0. The van der Waals surface area contributed by atoms with E-state index in [0.29, 0.717) is 6.04 Å². The molecule has 4 nitrogen and oxygen atoms in total. The van der Waals surface area contributed by atoms with E-state index in [0.717, 1.165) is 25.9 Å². The highest BCUT2D eigenvalue weighted by molar-refractivity contribution is 5.81. The average molecular weight is 253 g/mol. The number of hydrogen-bond acceptors (Lipinski definition) is 3. The van der Waals surface area contributed by atoms with Crippen molar-refractivity contribution in [3.05, 3.63) is 0 Å². The number of carbonyl (C=O) groups excluding carboxylic acids is 1. The van der Waals surface area contributed by atoms with E-state index in [1.807, 2.05) is 6.92 Å². The van der Waals surface area contributed by atoms with Crippen molar-refractivity contribution in [2.24, 2.45) is 0 Å². The molecule has 1 amide bonds. The monoisotopic (exact) mass is 253 g/mol. The Morgan fingerprint density at radius 3 is 2.56 bits per heavy atom. The zero-order chi connectivity index (χ0) is 12.8. The normalized spacial score (nSPS) is 23.4. The molecular formula is C14H27N3O. The maximum Gasteiger partial charge on any atom is 0.237 e. The first-order valence-corrected chi connectivity index (χ1v) is 7.52. The fourth-order valence-corrected chi connectivity index (χ4v) is 2.93. The predicted octanol–water partition coefficient (Wildman–Crippen LogP) is 1.12. The fraction of sp³-hybridized carbons (Fsp3) is 0.929. The molecule has 1 saturated carbocycles. The van der Waals surface area contributed by atoms with Gasteiger partial charge in [0.2, 0.25) is 5.91 Å². The summed E-state index contributed by atoms with van der Waals surface area (Å²) < 4.78 is 0. The Kier molecular flexibility index (Phi) is 5.45. The van der Waals surface area contributed by atoms with Crippen molar-refractivity contribution in [1.82, 2.24) is 15.5 Å². The first-order valence-electron chi connectivity index (χ1n) is 7.52. The quantitative estimate of drug-likeness (QED) is 0.745. The van der Waals surface area contributed by atoms with Crippen LogP contribution in [0.25, 0.3) is 0 Å². The lowest BCUT2D eigenvalue weighted by Gasteiger charge is -2.20. The van der Waals surface area contributed by atoms with Crippen LogP contribution in [0.3, 0.4) is 0 Å². The minimum absolute atomic E-state index is 0.0618. The molecular weight excluding hydrogens is 226 g/mol. The van der Waals surface area contributed by atoms with Crippen molar-refractivity contribution in [2.45, 2.75) is 57.5 Å². The van der Waals surface area contributed by atoms with Crippen molar-refractivity contribution in [2.75, 3.05) is 26.2 Å². The predicted molar refractivity (Wildman–Crippen MR) is 73.5 cm³/mol. The van der Waals surface area contributed by atoms with Gasteiger partial charge in [-0.15, -0.1) is 0 Å². The molecule has 2 N–H and O–H groups in total. The number of amides is 1. The Hall–Kier alpha value is -0.610. The first-order chi connectivity index (χ1) is 8.75. The summed E-state index contributed by atoms with van der Waals surface area (Å²) in [6.07, 6.45) is 7.51. The van der Waals surface area contributed by atoms with Gasteiger partial charge in [0.1, 0.15) is 0 Å². The lowest BCUT2D eigenvalue weighted by Crippen LogP contribution is -2.47. The molecule has 2 aliphatic rings. The van der Waals surface area contributed by atoms with Crippen LogP contribution < -0.4 is 10.6 Å². The minimum atomic E-state index is -0.0618. The van der Waals surface area contributed by atoms with E-state index < -0.39 is 0 Å². The van der Waals surface area contributed by atoms with Crippen molar-refractivity contribution >= 4 is 5.91 Å². The Balaban J connectivity index is 1.57. The van der Waals surface area contributed by atoms with Crippen LogP contribution in [-0.4, -0.2) is 49.1 Å². The van der Waals surface area contributed by atoms with Gasteiger partial charge in [-0.3, -0.25) is 4.79 Å². The number of hydrogen-bond donors (Lipinski definition) is 2. The lowest BCUT2D eigenvalue weighted by molar-refractivity contribution is -0.123. The summed E-state index contributed by atoms with van der Waals surface area (Å²) in [7, 11) is 0. The molecule has 1 aliphatic heterocycles. The Labute approximate surface area is 110 Å². The molecule has 2 rings (SSSR count). The number of likely N-dealkylation sites (tertiary alicyclic amines) is 1. The summed E-state index contributed by atoms with van der Waals surface area (Å²) in [5.74, 6) is 0.170. The summed E-state index contributed by atoms with van der Waals surface area (Å²) >= 11 is 0. The van der Waals surface area contributed by atoms with E-state index in [2.05, 4.69) is 15.5 Å². The lowest BCUT2D eigenvalue weighted by atomic mass is 10.2. The van der Waals surface area contributed by atoms with Crippen LogP contribution in [0.1, 0.15) is 45.4 Å². The van der Waals surface area contributed by atoms with Crippen LogP contribution >= 0.6 is 0 Å². The molecule has 0 aromatic rings. The summed E-state index contributed by atoms with van der Waals surface area (Å²) in [4.78, 5) is 14.4. The molecule has 0 bridgehead atoms. The van der Waals surface area contributed by atoms with Crippen LogP contribution in [0.15, 0.2) is 0 Å². The van der Waals surface area contributed by atoms with Gasteiger partial charge in [0.15, 0.2) is 0 Å². The molecule has 2 fully saturated rings. The van der Waals surface area contributed by atoms with E-state index in [-0.39, 0.29) is 11.9 Å². The molecule has 0 radical (unpaired) electrons. The Bertz CT molecular complexity index is 258. The molecule has 1 unspecified atom stereocenters. The molecule has 0 aromatic carbocycles. The smallest absolute Gasteiger partial charge is 0.237 e. The minimum Gasteiger partial charge on any atom is -0.352 e. The molecule has 104 valence electrons. The third kappa shape index (κ3) is 4.25. The zero-order valence-electron chi connectivity index (χ0n) is 11.6. The van der Waals surface area contributed by atoms with Crippen LogP contribution in [0.5, 0.6) is 0 Å². The zero-order valence-corrected chi connectivity index (χ0v) is 11.6. The number of rotatable bonds is 6. The average Bonchev–Trinajstić information content (AvgIpc) is 3.01. The van der Waals surface area contributed by atoms with Crippen LogP contribution in [-0.2, 0) is 4.79 Å². The first kappa shape index (κ1) is 13.8. The molecule has 1 atom stereocenters. The number of nitrogens with zero attached hydrogens (tertiary/aromatic N) is 1. The maximum atomic E-state index is 11.9. The van der Waals surface area contributed by atoms with Gasteiger partial charge < -0.3 is 15.5 Å². The van der Waals surface area contributed by atoms with E-state index in [1.54, 1.807) is 0 Å². The Morgan fingerprint density at radius 2 is 1.89 bits per heavy atom. The molecule has 1 saturated heterocycles. The highest BCUT2D eigenvalue weighted by Crippen LogP contribution is 2.17. The van der Waals surface area contributed by atoms with Crippen LogP contribution in [0.2, 0.25) is 0 Å². The van der Waals surface area contributed by atoms with Crippen molar-refractivity contribution in [3.63, 3.8) is 0 Å². The summed E-state index contributed by atoms with van der Waals surface area (Å²) in [6.45, 7) is 6.41. The molecule has 4 heteroatoms. The van der Waals surface area contributed by atoms with Gasteiger partial charge in [-0.1, -0.05) is 12.8 Å². The van der Waals surface area contributed by atoms with Crippen molar-refractivity contribution in [3.8, 4) is 0 Å². The van der Waals surface area contributed by atoms with Gasteiger partial charge >= 0.3 is 0 Å². The second-order valence-electron chi connectivity index (χ2n) is 5.71. The molecule has 0 aromatic heterocycles. The van der Waals surface area contributed by atoms with Gasteiger partial charge in [-0.05, 0) is 45.7 Å². The van der Waals surface area contributed by atoms with Gasteiger partial charge in [0, 0.05) is 19.1 Å². The van der Waals surface area contributed by atoms with Gasteiger partial charge in [-0.25, -0.2) is 0 Å². The second-order valence-corrected chi connectivity index (χ2v) is 5.71. The number of carbonyl (C=O) groups is 1. The van der Waals surface area contributed by atoms with E-state index in [1.165, 1.54) is 38.8 Å². The van der Waals surface area contributed by atoms with Gasteiger partial charge in [0.05, 0.1) is 6.04 Å². The molecule has 1 aliphatic carbocycles. The van der Waals surface area contributed by atoms with Crippen molar-refractivity contribution < 1.29 is 4.79 Å². The molecule has 0 spiro atoms. The van der Waals surface area contributed by atoms with E-state index in [9.17, 15) is 4.79 Å². The summed E-state index contributed by atoms with van der Waals surface area (Å²) in [6, 6.07) is 0.369.